The quantitative estimate of drug-likeness (QED) is 0.777. The van der Waals surface area contributed by atoms with E-state index in [0.29, 0.717) is 11.5 Å². The number of benzene rings is 1. The minimum Gasteiger partial charge on any atom is -0.478 e. The largest absolute Gasteiger partial charge is 0.478 e. The fourth-order valence-electron chi connectivity index (χ4n) is 3.09. The lowest BCUT2D eigenvalue weighted by Gasteiger charge is -2.18. The van der Waals surface area contributed by atoms with E-state index in [9.17, 15) is 9.90 Å². The zero-order valence-electron chi connectivity index (χ0n) is 12.4. The summed E-state index contributed by atoms with van der Waals surface area (Å²) in [5.41, 5.74) is 3.58. The van der Waals surface area contributed by atoms with E-state index >= 15 is 0 Å². The Morgan fingerprint density at radius 3 is 2.87 bits per heavy atom. The summed E-state index contributed by atoms with van der Waals surface area (Å²) in [4.78, 5) is 15.3. The highest BCUT2D eigenvalue weighted by Crippen LogP contribution is 2.45. The first-order chi connectivity index (χ1) is 11.1. The Morgan fingerprint density at radius 2 is 2.13 bits per heavy atom. The Hall–Kier alpha value is -2.66. The molecule has 0 bridgehead atoms. The van der Waals surface area contributed by atoms with E-state index in [1.807, 2.05) is 16.7 Å². The van der Waals surface area contributed by atoms with Crippen molar-refractivity contribution in [2.24, 2.45) is 0 Å². The highest BCUT2D eigenvalue weighted by atomic mass is 16.4. The first kappa shape index (κ1) is 14.0. The minimum atomic E-state index is -0.996. The molecule has 116 valence electrons. The van der Waals surface area contributed by atoms with Gasteiger partial charge in [0.15, 0.2) is 0 Å². The average Bonchev–Trinajstić information content (AvgIpc) is 3.30. The number of rotatable bonds is 4. The minimum absolute atomic E-state index is 0.176. The van der Waals surface area contributed by atoms with Gasteiger partial charge in [-0.1, -0.05) is 12.1 Å². The smallest absolute Gasteiger partial charge is 0.335 e. The molecule has 1 aliphatic rings. The first-order valence-electron chi connectivity index (χ1n) is 7.61. The van der Waals surface area contributed by atoms with Gasteiger partial charge in [0, 0.05) is 11.8 Å². The zero-order chi connectivity index (χ0) is 16.0. The predicted octanol–water partition coefficient (Wildman–Crippen LogP) is 2.99. The molecular formula is C18H16N2O3. The summed E-state index contributed by atoms with van der Waals surface area (Å²) in [5.74, 6) is -0.522. The van der Waals surface area contributed by atoms with Gasteiger partial charge >= 0.3 is 5.97 Å². The molecule has 5 nitrogen and oxygen atoms in total. The van der Waals surface area contributed by atoms with Gasteiger partial charge in [-0.25, -0.2) is 9.78 Å². The molecule has 3 aromatic rings. The van der Waals surface area contributed by atoms with E-state index < -0.39 is 12.1 Å². The molecule has 2 N–H and O–H groups in total. The number of hydrogen-bond acceptors (Lipinski definition) is 3. The van der Waals surface area contributed by atoms with Crippen LogP contribution in [0.5, 0.6) is 0 Å². The molecule has 1 fully saturated rings. The van der Waals surface area contributed by atoms with Crippen LogP contribution in [-0.2, 0) is 0 Å². The van der Waals surface area contributed by atoms with Crippen LogP contribution in [0.15, 0.2) is 49.1 Å². The number of carbonyl (C=O) groups is 1. The summed E-state index contributed by atoms with van der Waals surface area (Å²) in [7, 11) is 0. The van der Waals surface area contributed by atoms with E-state index in [1.165, 1.54) is 12.1 Å². The topological polar surface area (TPSA) is 74.8 Å². The van der Waals surface area contributed by atoms with Crippen molar-refractivity contribution in [3.63, 3.8) is 0 Å². The van der Waals surface area contributed by atoms with Gasteiger partial charge in [0.05, 0.1) is 23.6 Å². The molecule has 1 atom stereocenters. The van der Waals surface area contributed by atoms with Crippen LogP contribution in [0.2, 0.25) is 0 Å². The third-order valence-corrected chi connectivity index (χ3v) is 4.41. The number of carboxylic acids is 1. The van der Waals surface area contributed by atoms with Crippen molar-refractivity contribution in [1.82, 2.24) is 9.38 Å². The van der Waals surface area contributed by atoms with Crippen LogP contribution in [0, 0.1) is 0 Å². The number of aliphatic hydroxyl groups is 1. The summed E-state index contributed by atoms with van der Waals surface area (Å²) >= 11 is 0. The first-order valence-corrected chi connectivity index (χ1v) is 7.61. The summed E-state index contributed by atoms with van der Waals surface area (Å²) in [5, 5.41) is 20.1. The lowest BCUT2D eigenvalue weighted by atomic mass is 9.93. The fraction of sp³-hybridized carbons (Fsp3) is 0.222. The number of aliphatic hydroxyl groups excluding tert-OH is 1. The Bertz CT molecular complexity index is 896. The highest BCUT2D eigenvalue weighted by molar-refractivity contribution is 5.87. The van der Waals surface area contributed by atoms with Crippen LogP contribution in [0.4, 0.5) is 0 Å². The van der Waals surface area contributed by atoms with Crippen molar-refractivity contribution in [3.05, 3.63) is 71.3 Å². The zero-order valence-corrected chi connectivity index (χ0v) is 12.4. The molecule has 5 heteroatoms. The van der Waals surface area contributed by atoms with Gasteiger partial charge in [-0.3, -0.25) is 0 Å². The molecule has 0 saturated heterocycles. The molecule has 0 radical (unpaired) electrons. The summed E-state index contributed by atoms with van der Waals surface area (Å²) in [6.45, 7) is 0. The Morgan fingerprint density at radius 1 is 1.30 bits per heavy atom. The molecule has 1 saturated carbocycles. The number of nitrogens with zero attached hydrogens (tertiary/aromatic N) is 2. The van der Waals surface area contributed by atoms with Crippen LogP contribution < -0.4 is 0 Å². The second-order valence-corrected chi connectivity index (χ2v) is 5.98. The molecule has 0 spiro atoms. The van der Waals surface area contributed by atoms with Crippen molar-refractivity contribution in [2.75, 3.05) is 0 Å². The maximum Gasteiger partial charge on any atom is 0.335 e. The van der Waals surface area contributed by atoms with Gasteiger partial charge in [-0.2, -0.15) is 0 Å². The summed E-state index contributed by atoms with van der Waals surface area (Å²) < 4.78 is 1.88. The van der Waals surface area contributed by atoms with Crippen molar-refractivity contribution in [1.29, 1.82) is 0 Å². The Kier molecular flexibility index (Phi) is 3.16. The standard InChI is InChI=1S/C18H16N2O3/c21-17(12-2-1-3-13(8-12)18(22)23)16-14(11-4-5-11)6-7-20-10-19-9-15(16)20/h1-3,6-11,17,21H,4-5H2,(H,22,23). The van der Waals surface area contributed by atoms with Crippen LogP contribution in [-0.4, -0.2) is 25.6 Å². The van der Waals surface area contributed by atoms with Crippen LogP contribution in [0.3, 0.4) is 0 Å². The number of imidazole rings is 1. The van der Waals surface area contributed by atoms with Crippen LogP contribution in [0.25, 0.3) is 5.52 Å². The molecule has 0 aliphatic heterocycles. The molecule has 4 rings (SSSR count). The lowest BCUT2D eigenvalue weighted by molar-refractivity contribution is 0.0696. The third-order valence-electron chi connectivity index (χ3n) is 4.41. The van der Waals surface area contributed by atoms with E-state index in [4.69, 9.17) is 5.11 Å². The van der Waals surface area contributed by atoms with Gasteiger partial charge in [0.25, 0.3) is 0 Å². The van der Waals surface area contributed by atoms with E-state index in [2.05, 4.69) is 4.98 Å². The predicted molar refractivity (Wildman–Crippen MR) is 84.6 cm³/mol. The lowest BCUT2D eigenvalue weighted by Crippen LogP contribution is -2.07. The molecule has 1 unspecified atom stereocenters. The summed E-state index contributed by atoms with van der Waals surface area (Å²) in [6, 6.07) is 8.51. The molecule has 0 amide bonds. The number of pyridine rings is 1. The maximum absolute atomic E-state index is 11.2. The van der Waals surface area contributed by atoms with Gasteiger partial charge in [-0.15, -0.1) is 0 Å². The Balaban J connectivity index is 1.87. The molecule has 2 heterocycles. The molecule has 2 aromatic heterocycles. The number of aromatic carboxylic acids is 1. The molecule has 23 heavy (non-hydrogen) atoms. The fourth-order valence-corrected chi connectivity index (χ4v) is 3.09. The monoisotopic (exact) mass is 308 g/mol. The van der Waals surface area contributed by atoms with Gasteiger partial charge in [0.1, 0.15) is 6.10 Å². The second-order valence-electron chi connectivity index (χ2n) is 5.98. The highest BCUT2D eigenvalue weighted by Gasteiger charge is 2.30. The van der Waals surface area contributed by atoms with Crippen molar-refractivity contribution >= 4 is 11.5 Å². The van der Waals surface area contributed by atoms with Crippen molar-refractivity contribution in [3.8, 4) is 0 Å². The van der Waals surface area contributed by atoms with E-state index in [0.717, 1.165) is 29.5 Å². The van der Waals surface area contributed by atoms with E-state index in [1.54, 1.807) is 24.7 Å². The van der Waals surface area contributed by atoms with Crippen LogP contribution in [0.1, 0.15) is 51.9 Å². The average molecular weight is 308 g/mol. The normalized spacial score (nSPS) is 15.7. The van der Waals surface area contributed by atoms with Crippen LogP contribution >= 0.6 is 0 Å². The maximum atomic E-state index is 11.2. The van der Waals surface area contributed by atoms with E-state index in [-0.39, 0.29) is 5.56 Å². The van der Waals surface area contributed by atoms with Gasteiger partial charge in [0.2, 0.25) is 0 Å². The molecule has 1 aromatic carbocycles. The molecular weight excluding hydrogens is 292 g/mol. The number of carboxylic acid groups (broad SMARTS) is 1. The van der Waals surface area contributed by atoms with Crippen molar-refractivity contribution < 1.29 is 15.0 Å². The number of fused-ring (bicyclic) bond motifs is 1. The van der Waals surface area contributed by atoms with Gasteiger partial charge < -0.3 is 14.6 Å². The third kappa shape index (κ3) is 2.39. The summed E-state index contributed by atoms with van der Waals surface area (Å²) in [6.07, 6.45) is 6.78. The SMILES string of the molecule is O=C(O)c1cccc(C(O)c2c(C3CC3)ccn3cncc23)c1. The number of aromatic nitrogens is 2. The second kappa shape index (κ2) is 5.21. The number of hydrogen-bond donors (Lipinski definition) is 2. The van der Waals surface area contributed by atoms with Gasteiger partial charge in [-0.05, 0) is 48.1 Å². The van der Waals surface area contributed by atoms with Crippen molar-refractivity contribution in [2.45, 2.75) is 24.9 Å². The Labute approximate surface area is 132 Å². The molecule has 1 aliphatic carbocycles.